The van der Waals surface area contributed by atoms with Crippen LogP contribution in [0.25, 0.3) is 11.3 Å². The molecule has 0 aliphatic heterocycles. The van der Waals surface area contributed by atoms with Crippen molar-refractivity contribution in [3.05, 3.63) is 71.6 Å². The van der Waals surface area contributed by atoms with Gasteiger partial charge in [-0.15, -0.1) is 11.3 Å². The molecule has 2 aromatic carbocycles. The molecule has 24 heavy (non-hydrogen) atoms. The van der Waals surface area contributed by atoms with Crippen molar-refractivity contribution in [1.82, 2.24) is 10.3 Å². The van der Waals surface area contributed by atoms with Crippen LogP contribution in [-0.4, -0.2) is 16.0 Å². The fourth-order valence-corrected chi connectivity index (χ4v) is 3.15. The molecule has 1 amide bonds. The third kappa shape index (κ3) is 4.47. The second-order valence-corrected chi connectivity index (χ2v) is 6.33. The maximum Gasteiger partial charge on any atom is 0.230 e. The van der Waals surface area contributed by atoms with Crippen LogP contribution in [0, 0.1) is 0 Å². The monoisotopic (exact) mass is 353 g/mol. The molecule has 0 bridgehead atoms. The predicted molar refractivity (Wildman–Crippen MR) is 102 cm³/mol. The fraction of sp³-hybridized carbons (Fsp3) is 0.0556. The Labute approximate surface area is 149 Å². The van der Waals surface area contributed by atoms with Gasteiger partial charge in [0.05, 0.1) is 12.1 Å². The van der Waals surface area contributed by atoms with Crippen molar-refractivity contribution in [2.75, 3.05) is 5.32 Å². The summed E-state index contributed by atoms with van der Waals surface area (Å²) in [6.45, 7) is 0. The van der Waals surface area contributed by atoms with Gasteiger partial charge in [-0.2, -0.15) is 0 Å². The summed E-state index contributed by atoms with van der Waals surface area (Å²) in [4.78, 5) is 16.5. The van der Waals surface area contributed by atoms with Gasteiger partial charge in [-0.1, -0.05) is 60.7 Å². The molecule has 0 atom stereocenters. The third-order valence-electron chi connectivity index (χ3n) is 3.25. The van der Waals surface area contributed by atoms with Gasteiger partial charge in [-0.25, -0.2) is 4.98 Å². The first-order chi connectivity index (χ1) is 11.7. The van der Waals surface area contributed by atoms with Crippen molar-refractivity contribution in [2.45, 2.75) is 6.42 Å². The maximum atomic E-state index is 12.0. The van der Waals surface area contributed by atoms with E-state index < -0.39 is 0 Å². The van der Waals surface area contributed by atoms with Crippen molar-refractivity contribution in [3.8, 4) is 11.3 Å². The second-order valence-electron chi connectivity index (χ2n) is 5.07. The molecule has 2 N–H and O–H groups in total. The van der Waals surface area contributed by atoms with E-state index in [0.29, 0.717) is 5.13 Å². The summed E-state index contributed by atoms with van der Waals surface area (Å²) in [5.74, 6) is -0.154. The number of thiazole rings is 1. The Morgan fingerprint density at radius 1 is 1.04 bits per heavy atom. The van der Waals surface area contributed by atoms with E-state index in [1.165, 1.54) is 11.3 Å². The van der Waals surface area contributed by atoms with Gasteiger partial charge < -0.3 is 10.6 Å². The number of hydrogen-bond donors (Lipinski definition) is 2. The molecule has 3 rings (SSSR count). The highest BCUT2D eigenvalue weighted by molar-refractivity contribution is 7.80. The van der Waals surface area contributed by atoms with Gasteiger partial charge in [0.1, 0.15) is 0 Å². The first-order valence-corrected chi connectivity index (χ1v) is 8.65. The van der Waals surface area contributed by atoms with Gasteiger partial charge in [-0.3, -0.25) is 4.79 Å². The van der Waals surface area contributed by atoms with E-state index in [1.807, 2.05) is 66.0 Å². The number of rotatable bonds is 4. The summed E-state index contributed by atoms with van der Waals surface area (Å²) < 4.78 is 0. The van der Waals surface area contributed by atoms with E-state index in [4.69, 9.17) is 12.2 Å². The number of amides is 1. The van der Waals surface area contributed by atoms with Gasteiger partial charge >= 0.3 is 0 Å². The highest BCUT2D eigenvalue weighted by Gasteiger charge is 2.09. The van der Waals surface area contributed by atoms with Gasteiger partial charge in [0.2, 0.25) is 5.91 Å². The van der Waals surface area contributed by atoms with Crippen molar-refractivity contribution < 1.29 is 4.79 Å². The highest BCUT2D eigenvalue weighted by atomic mass is 32.1. The van der Waals surface area contributed by atoms with Crippen LogP contribution in [0.2, 0.25) is 0 Å². The maximum absolute atomic E-state index is 12.0. The Morgan fingerprint density at radius 3 is 2.42 bits per heavy atom. The number of carbonyl (C=O) groups excluding carboxylic acids is 1. The van der Waals surface area contributed by atoms with Crippen molar-refractivity contribution >= 4 is 39.7 Å². The lowest BCUT2D eigenvalue weighted by molar-refractivity contribution is -0.119. The van der Waals surface area contributed by atoms with Crippen LogP contribution in [-0.2, 0) is 11.2 Å². The summed E-state index contributed by atoms with van der Waals surface area (Å²) >= 11 is 6.62. The number of carbonyl (C=O) groups is 1. The zero-order valence-corrected chi connectivity index (χ0v) is 14.4. The smallest absolute Gasteiger partial charge is 0.230 e. The largest absolute Gasteiger partial charge is 0.308 e. The van der Waals surface area contributed by atoms with Crippen LogP contribution in [0.1, 0.15) is 5.56 Å². The molecule has 1 aromatic heterocycles. The minimum Gasteiger partial charge on any atom is -0.308 e. The van der Waals surface area contributed by atoms with E-state index in [-0.39, 0.29) is 17.4 Å². The molecule has 0 unspecified atom stereocenters. The third-order valence-corrected chi connectivity index (χ3v) is 4.22. The lowest BCUT2D eigenvalue weighted by Gasteiger charge is -2.07. The van der Waals surface area contributed by atoms with Gasteiger partial charge in [0.15, 0.2) is 10.2 Å². The summed E-state index contributed by atoms with van der Waals surface area (Å²) in [5, 5.41) is 8.49. The van der Waals surface area contributed by atoms with E-state index >= 15 is 0 Å². The Balaban J connectivity index is 1.55. The molecule has 0 saturated heterocycles. The molecule has 0 aliphatic rings. The normalized spacial score (nSPS) is 10.2. The molecular weight excluding hydrogens is 338 g/mol. The standard InChI is InChI=1S/C18H15N3OS2/c22-16(11-13-7-3-1-4-8-13)20-17(23)21-18-19-15(12-24-18)14-9-5-2-6-10-14/h1-10,12H,11H2,(H2,19,20,21,22,23). The summed E-state index contributed by atoms with van der Waals surface area (Å²) in [6, 6.07) is 19.4. The lowest BCUT2D eigenvalue weighted by atomic mass is 10.1. The molecular formula is C18H15N3OS2. The van der Waals surface area contributed by atoms with Crippen LogP contribution >= 0.6 is 23.6 Å². The van der Waals surface area contributed by atoms with E-state index in [2.05, 4.69) is 15.6 Å². The number of benzene rings is 2. The van der Waals surface area contributed by atoms with Crippen LogP contribution in [0.15, 0.2) is 66.0 Å². The SMILES string of the molecule is O=C(Cc1ccccc1)NC(=S)Nc1nc(-c2ccccc2)cs1. The first-order valence-electron chi connectivity index (χ1n) is 7.36. The zero-order valence-electron chi connectivity index (χ0n) is 12.7. The molecule has 6 heteroatoms. The first kappa shape index (κ1) is 16.3. The molecule has 0 saturated carbocycles. The summed E-state index contributed by atoms with van der Waals surface area (Å²) in [6.07, 6.45) is 0.287. The number of aromatic nitrogens is 1. The Bertz CT molecular complexity index is 832. The number of hydrogen-bond acceptors (Lipinski definition) is 4. The van der Waals surface area contributed by atoms with Crippen LogP contribution in [0.4, 0.5) is 5.13 Å². The average Bonchev–Trinajstić information content (AvgIpc) is 3.04. The average molecular weight is 353 g/mol. The van der Waals surface area contributed by atoms with Crippen molar-refractivity contribution in [2.24, 2.45) is 0 Å². The Morgan fingerprint density at radius 2 is 1.71 bits per heavy atom. The molecule has 120 valence electrons. The molecule has 0 radical (unpaired) electrons. The highest BCUT2D eigenvalue weighted by Crippen LogP contribution is 2.24. The number of nitrogens with zero attached hydrogens (tertiary/aromatic N) is 1. The Kier molecular flexibility index (Phi) is 5.30. The lowest BCUT2D eigenvalue weighted by Crippen LogP contribution is -2.35. The minimum atomic E-state index is -0.154. The summed E-state index contributed by atoms with van der Waals surface area (Å²) in [5.41, 5.74) is 2.86. The number of nitrogens with one attached hydrogen (secondary N) is 2. The molecule has 3 aromatic rings. The molecule has 0 aliphatic carbocycles. The Hall–Kier alpha value is -2.57. The molecule has 0 fully saturated rings. The van der Waals surface area contributed by atoms with E-state index in [1.54, 1.807) is 0 Å². The predicted octanol–water partition coefficient (Wildman–Crippen LogP) is 3.87. The van der Waals surface area contributed by atoms with Crippen molar-refractivity contribution in [1.29, 1.82) is 0 Å². The van der Waals surface area contributed by atoms with Gasteiger partial charge in [0, 0.05) is 10.9 Å². The van der Waals surface area contributed by atoms with E-state index in [9.17, 15) is 4.79 Å². The quantitative estimate of drug-likeness (QED) is 0.699. The van der Waals surface area contributed by atoms with Gasteiger partial charge in [0.25, 0.3) is 0 Å². The summed E-state index contributed by atoms with van der Waals surface area (Å²) in [7, 11) is 0. The second kappa shape index (κ2) is 7.81. The van der Waals surface area contributed by atoms with Gasteiger partial charge in [-0.05, 0) is 17.8 Å². The van der Waals surface area contributed by atoms with E-state index in [0.717, 1.165) is 16.8 Å². The molecule has 0 spiro atoms. The topological polar surface area (TPSA) is 54.0 Å². The van der Waals surface area contributed by atoms with Crippen LogP contribution in [0.3, 0.4) is 0 Å². The zero-order chi connectivity index (χ0) is 16.8. The minimum absolute atomic E-state index is 0.154. The van der Waals surface area contributed by atoms with Crippen molar-refractivity contribution in [3.63, 3.8) is 0 Å². The molecule has 1 heterocycles. The molecule has 4 nitrogen and oxygen atoms in total. The fourth-order valence-electron chi connectivity index (χ4n) is 2.15. The number of anilines is 1. The number of thiocarbonyl (C=S) groups is 1. The van der Waals surface area contributed by atoms with Crippen LogP contribution in [0.5, 0.6) is 0 Å². The van der Waals surface area contributed by atoms with Crippen LogP contribution < -0.4 is 10.6 Å².